The summed E-state index contributed by atoms with van der Waals surface area (Å²) in [7, 11) is 0. The molecule has 0 saturated heterocycles. The lowest BCUT2D eigenvalue weighted by Crippen LogP contribution is -2.39. The van der Waals surface area contributed by atoms with Crippen molar-refractivity contribution < 1.29 is 4.74 Å². The summed E-state index contributed by atoms with van der Waals surface area (Å²) in [5.41, 5.74) is 1.06. The van der Waals surface area contributed by atoms with Gasteiger partial charge in [-0.25, -0.2) is 9.98 Å². The van der Waals surface area contributed by atoms with Crippen LogP contribution < -0.4 is 15.4 Å². The van der Waals surface area contributed by atoms with Gasteiger partial charge in [0.25, 0.3) is 0 Å². The van der Waals surface area contributed by atoms with Crippen molar-refractivity contribution in [3.8, 4) is 5.88 Å². The zero-order chi connectivity index (χ0) is 16.1. The number of hydrogen-bond donors (Lipinski definition) is 2. The van der Waals surface area contributed by atoms with Crippen LogP contribution in [-0.2, 0) is 6.54 Å². The number of aromatic nitrogens is 1. The minimum absolute atomic E-state index is 0. The second kappa shape index (κ2) is 9.44. The number of nitrogens with one attached hydrogen (secondary N) is 2. The first-order valence-corrected chi connectivity index (χ1v) is 8.91. The Bertz CT molecular complexity index is 546. The molecule has 2 saturated carbocycles. The van der Waals surface area contributed by atoms with E-state index in [0.29, 0.717) is 18.7 Å². The van der Waals surface area contributed by atoms with Crippen LogP contribution in [-0.4, -0.2) is 29.6 Å². The Morgan fingerprint density at radius 2 is 2.12 bits per heavy atom. The maximum Gasteiger partial charge on any atom is 0.218 e. The topological polar surface area (TPSA) is 58.5 Å². The van der Waals surface area contributed by atoms with Gasteiger partial charge in [-0.3, -0.25) is 0 Å². The standard InChI is InChI=1S/C18H28N4O.HI/c1-3-19-18(22-16-11-13(16)2)21-12-14-7-6-10-20-17(14)23-15-8-4-5-9-15;/h6-7,10,13,15-16H,3-5,8-9,11-12H2,1-2H3,(H2,19,21,22);1H. The van der Waals surface area contributed by atoms with Gasteiger partial charge in [0.2, 0.25) is 5.88 Å². The second-order valence-corrected chi connectivity index (χ2v) is 6.65. The first kappa shape index (κ1) is 19.3. The van der Waals surface area contributed by atoms with Gasteiger partial charge < -0.3 is 15.4 Å². The number of rotatable bonds is 6. The van der Waals surface area contributed by atoms with Gasteiger partial charge in [-0.15, -0.1) is 24.0 Å². The summed E-state index contributed by atoms with van der Waals surface area (Å²) in [6.45, 7) is 5.81. The number of aliphatic imine (C=N–C) groups is 1. The van der Waals surface area contributed by atoms with Crippen LogP contribution in [0.25, 0.3) is 0 Å². The Morgan fingerprint density at radius 1 is 1.38 bits per heavy atom. The van der Waals surface area contributed by atoms with E-state index in [2.05, 4.69) is 35.5 Å². The minimum Gasteiger partial charge on any atom is -0.474 e. The fraction of sp³-hybridized carbons (Fsp3) is 0.667. The highest BCUT2D eigenvalue weighted by atomic mass is 127. The summed E-state index contributed by atoms with van der Waals surface area (Å²) >= 11 is 0. The average Bonchev–Trinajstić information content (AvgIpc) is 3.01. The van der Waals surface area contributed by atoms with Crippen LogP contribution in [0.5, 0.6) is 5.88 Å². The van der Waals surface area contributed by atoms with Crippen molar-refractivity contribution in [2.75, 3.05) is 6.54 Å². The summed E-state index contributed by atoms with van der Waals surface area (Å²) in [6, 6.07) is 4.58. The molecule has 0 aliphatic heterocycles. The zero-order valence-corrected chi connectivity index (χ0v) is 17.0. The molecule has 3 rings (SSSR count). The van der Waals surface area contributed by atoms with E-state index in [-0.39, 0.29) is 24.0 Å². The van der Waals surface area contributed by atoms with E-state index < -0.39 is 0 Å². The first-order valence-electron chi connectivity index (χ1n) is 8.91. The van der Waals surface area contributed by atoms with Gasteiger partial charge in [0.05, 0.1) is 6.54 Å². The van der Waals surface area contributed by atoms with Gasteiger partial charge in [-0.1, -0.05) is 13.0 Å². The van der Waals surface area contributed by atoms with E-state index in [1.165, 1.54) is 19.3 Å². The second-order valence-electron chi connectivity index (χ2n) is 6.65. The normalized spacial score (nSPS) is 23.5. The van der Waals surface area contributed by atoms with Crippen molar-refractivity contribution >= 4 is 29.9 Å². The van der Waals surface area contributed by atoms with Crippen LogP contribution in [0.15, 0.2) is 23.3 Å². The van der Waals surface area contributed by atoms with E-state index in [9.17, 15) is 0 Å². The monoisotopic (exact) mass is 444 g/mol. The predicted molar refractivity (Wildman–Crippen MR) is 108 cm³/mol. The molecular weight excluding hydrogens is 415 g/mol. The number of guanidine groups is 1. The molecule has 0 amide bonds. The Balaban J connectivity index is 0.00000208. The largest absolute Gasteiger partial charge is 0.474 e. The average molecular weight is 444 g/mol. The molecule has 1 aromatic heterocycles. The van der Waals surface area contributed by atoms with Crippen LogP contribution in [0.3, 0.4) is 0 Å². The molecule has 2 N–H and O–H groups in total. The van der Waals surface area contributed by atoms with Gasteiger partial charge in [0.15, 0.2) is 5.96 Å². The van der Waals surface area contributed by atoms with Crippen LogP contribution in [0.1, 0.15) is 51.5 Å². The summed E-state index contributed by atoms with van der Waals surface area (Å²) in [4.78, 5) is 9.13. The number of halogens is 1. The van der Waals surface area contributed by atoms with Gasteiger partial charge in [0, 0.05) is 24.3 Å². The highest BCUT2D eigenvalue weighted by Crippen LogP contribution is 2.29. The third-order valence-corrected chi connectivity index (χ3v) is 4.61. The fourth-order valence-corrected chi connectivity index (χ4v) is 3.00. The Morgan fingerprint density at radius 3 is 2.79 bits per heavy atom. The van der Waals surface area contributed by atoms with Crippen LogP contribution >= 0.6 is 24.0 Å². The van der Waals surface area contributed by atoms with E-state index in [1.54, 1.807) is 6.20 Å². The van der Waals surface area contributed by atoms with E-state index in [0.717, 1.165) is 42.7 Å². The first-order chi connectivity index (χ1) is 11.3. The molecule has 5 nitrogen and oxygen atoms in total. The predicted octanol–water partition coefficient (Wildman–Crippen LogP) is 3.48. The molecule has 0 aromatic carbocycles. The smallest absolute Gasteiger partial charge is 0.218 e. The Hall–Kier alpha value is -1.05. The molecule has 2 aliphatic rings. The zero-order valence-electron chi connectivity index (χ0n) is 14.6. The summed E-state index contributed by atoms with van der Waals surface area (Å²) in [6.07, 6.45) is 8.16. The molecule has 0 radical (unpaired) electrons. The molecule has 24 heavy (non-hydrogen) atoms. The lowest BCUT2D eigenvalue weighted by Gasteiger charge is -2.15. The third-order valence-electron chi connectivity index (χ3n) is 4.61. The molecule has 2 aliphatic carbocycles. The van der Waals surface area contributed by atoms with Crippen LogP contribution in [0, 0.1) is 5.92 Å². The van der Waals surface area contributed by atoms with Crippen molar-refractivity contribution in [3.63, 3.8) is 0 Å². The quantitative estimate of drug-likeness (QED) is 0.401. The van der Waals surface area contributed by atoms with Crippen molar-refractivity contribution in [3.05, 3.63) is 23.9 Å². The molecule has 134 valence electrons. The van der Waals surface area contributed by atoms with E-state index in [4.69, 9.17) is 9.73 Å². The minimum atomic E-state index is 0. The van der Waals surface area contributed by atoms with E-state index >= 15 is 0 Å². The van der Waals surface area contributed by atoms with Crippen molar-refractivity contribution in [1.82, 2.24) is 15.6 Å². The number of nitrogens with zero attached hydrogens (tertiary/aromatic N) is 2. The van der Waals surface area contributed by atoms with Gasteiger partial charge in [0.1, 0.15) is 6.10 Å². The Labute approximate surface area is 162 Å². The summed E-state index contributed by atoms with van der Waals surface area (Å²) in [5, 5.41) is 6.80. The maximum atomic E-state index is 6.09. The number of pyridine rings is 1. The van der Waals surface area contributed by atoms with E-state index in [1.807, 2.05) is 6.07 Å². The molecule has 0 spiro atoms. The van der Waals surface area contributed by atoms with Crippen molar-refractivity contribution in [2.45, 2.75) is 64.6 Å². The number of hydrogen-bond acceptors (Lipinski definition) is 3. The highest BCUT2D eigenvalue weighted by Gasteiger charge is 2.33. The molecule has 2 fully saturated rings. The van der Waals surface area contributed by atoms with Crippen LogP contribution in [0.4, 0.5) is 0 Å². The molecule has 1 heterocycles. The molecule has 0 bridgehead atoms. The van der Waals surface area contributed by atoms with Gasteiger partial charge in [-0.05, 0) is 51.0 Å². The van der Waals surface area contributed by atoms with Crippen LogP contribution in [0.2, 0.25) is 0 Å². The third kappa shape index (κ3) is 5.50. The van der Waals surface area contributed by atoms with Crippen molar-refractivity contribution in [2.24, 2.45) is 10.9 Å². The van der Waals surface area contributed by atoms with Gasteiger partial charge >= 0.3 is 0 Å². The molecule has 2 atom stereocenters. The lowest BCUT2D eigenvalue weighted by atomic mass is 10.2. The van der Waals surface area contributed by atoms with Gasteiger partial charge in [-0.2, -0.15) is 0 Å². The fourth-order valence-electron chi connectivity index (χ4n) is 3.00. The molecule has 1 aromatic rings. The number of ether oxygens (including phenoxy) is 1. The summed E-state index contributed by atoms with van der Waals surface area (Å²) in [5.74, 6) is 2.38. The van der Waals surface area contributed by atoms with Crippen molar-refractivity contribution in [1.29, 1.82) is 0 Å². The molecule has 2 unspecified atom stereocenters. The maximum absolute atomic E-state index is 6.09. The summed E-state index contributed by atoms with van der Waals surface area (Å²) < 4.78 is 6.09. The Kier molecular flexibility index (Phi) is 7.58. The highest BCUT2D eigenvalue weighted by molar-refractivity contribution is 14.0. The molecule has 6 heteroatoms. The lowest BCUT2D eigenvalue weighted by molar-refractivity contribution is 0.199. The molecular formula is C18H29IN4O. The SMILES string of the molecule is CCNC(=NCc1cccnc1OC1CCCC1)NC1CC1C.I.